The van der Waals surface area contributed by atoms with E-state index in [1.165, 1.54) is 0 Å². The standard InChI is InChI=1S/C75H112O6/c1-4-7-10-13-16-19-22-25-28-29-30-31-32-33-34-35-36-37-38-39-40-41-42-43-44-45-48-50-53-56-59-62-65-68-74(77)80-71-72(81-75(78)69-66-63-60-57-54-51-47-27-24-21-18-15-12-9-6-3)70-79-73(76)67-64-61-58-55-52-49-46-26-23-20-17-14-11-8-5-2/h7-12,16-21,25-28,30-31,33-34,36-37,39-40,42-43,45-48,52,54-55,57,72H,4-6,13-15,22-24,29,32,35,38,41,44,49-51,53,56,58-71H2,1-3H3/b10-7-,11-8-,12-9-,19-16-,20-17-,21-18-,28-25-,31-30-,34-33-,37-36-,40-39-,43-42-,46-26-,47-27-,48-45-,55-52-,57-54-. The summed E-state index contributed by atoms with van der Waals surface area (Å²) in [5.41, 5.74) is 0. The second kappa shape index (κ2) is 66.5. The van der Waals surface area contributed by atoms with Crippen LogP contribution in [0, 0.1) is 0 Å². The Labute approximate surface area is 496 Å². The average Bonchev–Trinajstić information content (AvgIpc) is 3.47. The van der Waals surface area contributed by atoms with Gasteiger partial charge in [0.2, 0.25) is 0 Å². The molecule has 448 valence electrons. The first-order chi connectivity index (χ1) is 40.0. The highest BCUT2D eigenvalue weighted by atomic mass is 16.6. The Hall–Kier alpha value is -6.01. The van der Waals surface area contributed by atoms with Crippen LogP contribution in [0.25, 0.3) is 0 Å². The normalized spacial score (nSPS) is 13.6. The molecule has 1 unspecified atom stereocenters. The molecular formula is C75H112O6. The topological polar surface area (TPSA) is 78.9 Å². The van der Waals surface area contributed by atoms with E-state index in [4.69, 9.17) is 14.2 Å². The largest absolute Gasteiger partial charge is 0.462 e. The maximum atomic E-state index is 12.9. The van der Waals surface area contributed by atoms with Crippen LogP contribution in [0.3, 0.4) is 0 Å². The van der Waals surface area contributed by atoms with Crippen molar-refractivity contribution in [2.24, 2.45) is 0 Å². The van der Waals surface area contributed by atoms with Crippen LogP contribution in [0.4, 0.5) is 0 Å². The van der Waals surface area contributed by atoms with Crippen molar-refractivity contribution in [3.8, 4) is 0 Å². The molecule has 0 bridgehead atoms. The summed E-state index contributed by atoms with van der Waals surface area (Å²) in [5.74, 6) is -1.05. The van der Waals surface area contributed by atoms with Crippen LogP contribution in [0.2, 0.25) is 0 Å². The first-order valence-electron chi connectivity index (χ1n) is 31.6. The highest BCUT2D eigenvalue weighted by Gasteiger charge is 2.19. The van der Waals surface area contributed by atoms with Crippen molar-refractivity contribution in [3.63, 3.8) is 0 Å². The van der Waals surface area contributed by atoms with E-state index in [1.807, 2.05) is 0 Å². The van der Waals surface area contributed by atoms with Gasteiger partial charge in [-0.2, -0.15) is 0 Å². The zero-order valence-corrected chi connectivity index (χ0v) is 51.2. The molecule has 0 radical (unpaired) electrons. The van der Waals surface area contributed by atoms with Gasteiger partial charge in [-0.3, -0.25) is 14.4 Å². The fraction of sp³-hybridized carbons (Fsp3) is 0.507. The molecule has 0 aromatic carbocycles. The zero-order chi connectivity index (χ0) is 58.5. The van der Waals surface area contributed by atoms with E-state index in [-0.39, 0.29) is 44.0 Å². The van der Waals surface area contributed by atoms with Gasteiger partial charge in [-0.1, -0.05) is 247 Å². The lowest BCUT2D eigenvalue weighted by Crippen LogP contribution is -2.30. The molecule has 0 aromatic heterocycles. The summed E-state index contributed by atoms with van der Waals surface area (Å²) in [5, 5.41) is 0. The van der Waals surface area contributed by atoms with Crippen LogP contribution in [0.1, 0.15) is 226 Å². The van der Waals surface area contributed by atoms with Crippen molar-refractivity contribution in [2.45, 2.75) is 232 Å². The Balaban J connectivity index is 4.44. The third kappa shape index (κ3) is 64.7. The lowest BCUT2D eigenvalue weighted by atomic mass is 10.1. The molecule has 0 N–H and O–H groups in total. The Bertz CT molecular complexity index is 2000. The summed E-state index contributed by atoms with van der Waals surface area (Å²) in [6.45, 7) is 6.18. The molecule has 0 amide bonds. The number of hydrogen-bond acceptors (Lipinski definition) is 6. The molecule has 0 saturated heterocycles. The fourth-order valence-corrected chi connectivity index (χ4v) is 7.65. The van der Waals surface area contributed by atoms with E-state index in [0.29, 0.717) is 19.3 Å². The second-order valence-corrected chi connectivity index (χ2v) is 19.8. The van der Waals surface area contributed by atoms with Gasteiger partial charge in [-0.25, -0.2) is 0 Å². The van der Waals surface area contributed by atoms with Gasteiger partial charge < -0.3 is 14.2 Å². The van der Waals surface area contributed by atoms with Crippen molar-refractivity contribution < 1.29 is 28.6 Å². The van der Waals surface area contributed by atoms with Crippen LogP contribution >= 0.6 is 0 Å². The molecule has 0 heterocycles. The van der Waals surface area contributed by atoms with Crippen molar-refractivity contribution in [1.82, 2.24) is 0 Å². The van der Waals surface area contributed by atoms with Crippen molar-refractivity contribution in [3.05, 3.63) is 207 Å². The van der Waals surface area contributed by atoms with Crippen molar-refractivity contribution in [2.75, 3.05) is 13.2 Å². The molecule has 1 atom stereocenters. The number of esters is 3. The first kappa shape index (κ1) is 75.0. The molecule has 6 nitrogen and oxygen atoms in total. The molecule has 0 aliphatic carbocycles. The Kier molecular flexibility index (Phi) is 61.6. The van der Waals surface area contributed by atoms with E-state index in [2.05, 4.69) is 227 Å². The Morgan fingerprint density at radius 3 is 0.716 bits per heavy atom. The Morgan fingerprint density at radius 1 is 0.247 bits per heavy atom. The molecule has 81 heavy (non-hydrogen) atoms. The minimum absolute atomic E-state index is 0.130. The number of hydrogen-bond donors (Lipinski definition) is 0. The van der Waals surface area contributed by atoms with Gasteiger partial charge in [-0.05, 0) is 167 Å². The van der Waals surface area contributed by atoms with Crippen LogP contribution in [0.15, 0.2) is 207 Å². The lowest BCUT2D eigenvalue weighted by Gasteiger charge is -2.18. The number of carbonyl (C=O) groups is 3. The van der Waals surface area contributed by atoms with Crippen molar-refractivity contribution >= 4 is 17.9 Å². The third-order valence-electron chi connectivity index (χ3n) is 12.3. The van der Waals surface area contributed by atoms with Gasteiger partial charge in [0.1, 0.15) is 13.2 Å². The second-order valence-electron chi connectivity index (χ2n) is 19.8. The number of unbranched alkanes of at least 4 members (excludes halogenated alkanes) is 9. The van der Waals surface area contributed by atoms with E-state index < -0.39 is 6.10 Å². The maximum absolute atomic E-state index is 12.9. The lowest BCUT2D eigenvalue weighted by molar-refractivity contribution is -0.167. The summed E-state index contributed by atoms with van der Waals surface area (Å²) in [6.07, 6.45) is 103. The molecule has 0 aromatic rings. The van der Waals surface area contributed by atoms with Gasteiger partial charge in [0, 0.05) is 19.3 Å². The summed E-state index contributed by atoms with van der Waals surface area (Å²) in [7, 11) is 0. The summed E-state index contributed by atoms with van der Waals surface area (Å²) >= 11 is 0. The van der Waals surface area contributed by atoms with Gasteiger partial charge in [0.25, 0.3) is 0 Å². The molecule has 0 rings (SSSR count). The smallest absolute Gasteiger partial charge is 0.306 e. The monoisotopic (exact) mass is 1110 g/mol. The highest BCUT2D eigenvalue weighted by Crippen LogP contribution is 2.12. The maximum Gasteiger partial charge on any atom is 0.306 e. The number of carbonyl (C=O) groups excluding carboxylic acids is 3. The molecule has 0 fully saturated rings. The van der Waals surface area contributed by atoms with Gasteiger partial charge in [-0.15, -0.1) is 0 Å². The predicted molar refractivity (Wildman–Crippen MR) is 352 cm³/mol. The van der Waals surface area contributed by atoms with E-state index >= 15 is 0 Å². The first-order valence-corrected chi connectivity index (χ1v) is 31.6. The highest BCUT2D eigenvalue weighted by molar-refractivity contribution is 5.71. The molecule has 0 spiro atoms. The molecular weight excluding hydrogens is 997 g/mol. The minimum atomic E-state index is -0.839. The number of rotatable bonds is 54. The fourth-order valence-electron chi connectivity index (χ4n) is 7.65. The Morgan fingerprint density at radius 2 is 0.444 bits per heavy atom. The molecule has 0 saturated carbocycles. The quantitative estimate of drug-likeness (QED) is 0.0261. The third-order valence-corrected chi connectivity index (χ3v) is 12.3. The molecule has 0 aliphatic rings. The van der Waals surface area contributed by atoms with E-state index in [9.17, 15) is 14.4 Å². The predicted octanol–water partition coefficient (Wildman–Crippen LogP) is 22.0. The summed E-state index contributed by atoms with van der Waals surface area (Å²) < 4.78 is 16.8. The molecule has 6 heteroatoms. The SMILES string of the molecule is CC/C=C\C/C=C\C/C=C\C/C=C\C/C=C\C/C=C\C/C=C\C/C=C\C/C=C\CCCCCCCC(=O)OCC(COC(=O)CCCC/C=C\C/C=C\C/C=C\C/C=C\CC)OC(=O)CCCC/C=C\C/C=C\C/C=C\C/C=C\CC. The van der Waals surface area contributed by atoms with Crippen LogP contribution < -0.4 is 0 Å². The van der Waals surface area contributed by atoms with Gasteiger partial charge in [0.15, 0.2) is 6.10 Å². The van der Waals surface area contributed by atoms with Crippen LogP contribution in [0.5, 0.6) is 0 Å². The van der Waals surface area contributed by atoms with Gasteiger partial charge >= 0.3 is 17.9 Å². The average molecular weight is 1110 g/mol. The van der Waals surface area contributed by atoms with E-state index in [1.54, 1.807) is 0 Å². The van der Waals surface area contributed by atoms with E-state index in [0.717, 1.165) is 173 Å². The zero-order valence-electron chi connectivity index (χ0n) is 51.2. The molecule has 0 aliphatic heterocycles. The minimum Gasteiger partial charge on any atom is -0.462 e. The number of ether oxygens (including phenoxy) is 3. The summed E-state index contributed by atoms with van der Waals surface area (Å²) in [6, 6.07) is 0. The van der Waals surface area contributed by atoms with Gasteiger partial charge in [0.05, 0.1) is 0 Å². The number of allylic oxidation sites excluding steroid dienone is 34. The van der Waals surface area contributed by atoms with Crippen LogP contribution in [-0.2, 0) is 28.6 Å². The van der Waals surface area contributed by atoms with Crippen LogP contribution in [-0.4, -0.2) is 37.2 Å². The van der Waals surface area contributed by atoms with Crippen molar-refractivity contribution in [1.29, 1.82) is 0 Å². The summed E-state index contributed by atoms with van der Waals surface area (Å²) in [4.78, 5) is 38.2.